The summed E-state index contributed by atoms with van der Waals surface area (Å²) < 4.78 is 6.26. The van der Waals surface area contributed by atoms with E-state index in [0.717, 1.165) is 30.5 Å². The number of nitrogens with one attached hydrogen (secondary N) is 1. The number of aromatic nitrogens is 1. The Morgan fingerprint density at radius 3 is 2.65 bits per heavy atom. The van der Waals surface area contributed by atoms with Gasteiger partial charge in [-0.3, -0.25) is 0 Å². The van der Waals surface area contributed by atoms with Gasteiger partial charge in [-0.1, -0.05) is 23.3 Å². The molecule has 0 saturated carbocycles. The fraction of sp³-hybridized carbons (Fsp3) is 0.438. The first-order chi connectivity index (χ1) is 11.1. The van der Waals surface area contributed by atoms with Gasteiger partial charge in [-0.2, -0.15) is 0 Å². The number of hydrogen-bond acceptors (Lipinski definition) is 4. The van der Waals surface area contributed by atoms with E-state index in [1.807, 2.05) is 28.8 Å². The van der Waals surface area contributed by atoms with E-state index in [2.05, 4.69) is 28.8 Å². The lowest BCUT2D eigenvalue weighted by Crippen LogP contribution is -3.11. The Balaban J connectivity index is 2.39. The van der Waals surface area contributed by atoms with Gasteiger partial charge in [0.1, 0.15) is 0 Å². The molecule has 0 radical (unpaired) electrons. The Hall–Kier alpha value is -2.41. The molecule has 0 saturated heterocycles. The zero-order chi connectivity index (χ0) is 16.8. The molecule has 2 aromatic rings. The normalized spacial score (nSPS) is 11.7. The van der Waals surface area contributed by atoms with Crippen molar-refractivity contribution in [3.8, 4) is 5.88 Å². The predicted molar refractivity (Wildman–Crippen MR) is 87.4 cm³/mol. The van der Waals surface area contributed by atoms with Crippen LogP contribution in [0.15, 0.2) is 34.5 Å². The highest BCUT2D eigenvalue weighted by atomic mass is 16.5. The molecule has 0 bridgehead atoms. The second-order valence-electron chi connectivity index (χ2n) is 5.22. The molecule has 0 fully saturated rings. The van der Waals surface area contributed by atoms with Gasteiger partial charge in [0.2, 0.25) is 5.88 Å². The van der Waals surface area contributed by atoms with Gasteiger partial charge in [-0.05, 0) is 19.9 Å². The Morgan fingerprint density at radius 2 is 2.00 bits per heavy atom. The summed E-state index contributed by atoms with van der Waals surface area (Å²) in [4.78, 5) is 12.6. The van der Waals surface area contributed by atoms with Gasteiger partial charge < -0.3 is 19.3 Å². The minimum absolute atomic E-state index is 0.0189. The Morgan fingerprint density at radius 1 is 1.30 bits per heavy atom. The van der Waals surface area contributed by atoms with Crippen LogP contribution >= 0.6 is 0 Å². The van der Waals surface area contributed by atoms with E-state index in [4.69, 9.17) is 0 Å². The molecule has 7 nitrogen and oxygen atoms in total. The molecule has 0 aliphatic heterocycles. The molecule has 2 rings (SSSR count). The van der Waals surface area contributed by atoms with Gasteiger partial charge in [-0.25, -0.2) is 4.79 Å². The van der Waals surface area contributed by atoms with Crippen molar-refractivity contribution < 1.29 is 19.5 Å². The lowest BCUT2D eigenvalue weighted by atomic mass is 10.2. The standard InChI is InChI=1S/C16H22N4O3/c1-4-19(5-2)10-11-20-13-9-7-6-8-12(13)14(15(20)21)17-18-16(22)23-3/h6-9,21H,4-5,10-11H2,1-3H3/p+1. The van der Waals surface area contributed by atoms with E-state index in [0.29, 0.717) is 12.2 Å². The smallest absolute Gasteiger partial charge is 0.452 e. The average Bonchev–Trinajstić information content (AvgIpc) is 2.85. The average molecular weight is 319 g/mol. The summed E-state index contributed by atoms with van der Waals surface area (Å²) in [5.41, 5.74) is 1.16. The van der Waals surface area contributed by atoms with Gasteiger partial charge in [0, 0.05) is 5.39 Å². The Labute approximate surface area is 135 Å². The number of quaternary nitrogens is 1. The second-order valence-corrected chi connectivity index (χ2v) is 5.22. The molecule has 23 heavy (non-hydrogen) atoms. The quantitative estimate of drug-likeness (QED) is 0.800. The minimum atomic E-state index is -0.797. The van der Waals surface area contributed by atoms with Crippen molar-refractivity contribution in [2.75, 3.05) is 26.7 Å². The van der Waals surface area contributed by atoms with Gasteiger partial charge >= 0.3 is 6.09 Å². The summed E-state index contributed by atoms with van der Waals surface area (Å²) in [6, 6.07) is 7.54. The highest BCUT2D eigenvalue weighted by Crippen LogP contribution is 2.38. The summed E-state index contributed by atoms with van der Waals surface area (Å²) in [6.45, 7) is 7.91. The van der Waals surface area contributed by atoms with E-state index in [-0.39, 0.29) is 5.88 Å². The lowest BCUT2D eigenvalue weighted by molar-refractivity contribution is -0.897. The Bertz CT molecular complexity index is 705. The van der Waals surface area contributed by atoms with Gasteiger partial charge in [-0.15, -0.1) is 5.11 Å². The molecule has 0 atom stereocenters. The molecular weight excluding hydrogens is 296 g/mol. The molecule has 7 heteroatoms. The van der Waals surface area contributed by atoms with Crippen LogP contribution in [0.4, 0.5) is 10.5 Å². The monoisotopic (exact) mass is 319 g/mol. The van der Waals surface area contributed by atoms with Crippen molar-refractivity contribution in [3.05, 3.63) is 24.3 Å². The SMILES string of the molecule is CC[NH+](CC)CCn1c(O)c(N=NC(=O)OC)c2ccccc21. The highest BCUT2D eigenvalue weighted by molar-refractivity contribution is 5.95. The maximum atomic E-state index is 11.2. The van der Waals surface area contributed by atoms with Crippen molar-refractivity contribution in [2.45, 2.75) is 20.4 Å². The maximum Gasteiger partial charge on any atom is 0.452 e. The molecule has 0 unspecified atom stereocenters. The summed E-state index contributed by atoms with van der Waals surface area (Å²) in [5, 5.41) is 18.6. The number of methoxy groups -OCH3 is 1. The highest BCUT2D eigenvalue weighted by Gasteiger charge is 2.17. The number of aromatic hydroxyl groups is 1. The van der Waals surface area contributed by atoms with E-state index in [9.17, 15) is 9.90 Å². The van der Waals surface area contributed by atoms with Crippen LogP contribution in [-0.2, 0) is 11.3 Å². The fourth-order valence-corrected chi connectivity index (χ4v) is 2.60. The first-order valence-corrected chi connectivity index (χ1v) is 7.75. The molecule has 2 N–H and O–H groups in total. The van der Waals surface area contributed by atoms with Crippen molar-refractivity contribution in [3.63, 3.8) is 0 Å². The number of carbonyl (C=O) groups is 1. The van der Waals surface area contributed by atoms with Crippen molar-refractivity contribution in [1.29, 1.82) is 0 Å². The predicted octanol–water partition coefficient (Wildman–Crippen LogP) is 2.12. The van der Waals surface area contributed by atoms with Gasteiger partial charge in [0.15, 0.2) is 5.69 Å². The van der Waals surface area contributed by atoms with Gasteiger partial charge in [0.05, 0.1) is 38.8 Å². The molecule has 124 valence electrons. The molecule has 0 spiro atoms. The third kappa shape index (κ3) is 3.68. The van der Waals surface area contributed by atoms with Crippen LogP contribution in [0.1, 0.15) is 13.8 Å². The number of rotatable bonds is 6. The molecule has 1 amide bonds. The number of ether oxygens (including phenoxy) is 1. The first kappa shape index (κ1) is 17.0. The van der Waals surface area contributed by atoms with Crippen LogP contribution in [0.5, 0.6) is 5.88 Å². The number of azo groups is 1. The maximum absolute atomic E-state index is 11.2. The van der Waals surface area contributed by atoms with E-state index < -0.39 is 6.09 Å². The summed E-state index contributed by atoms with van der Waals surface area (Å²) in [6.07, 6.45) is -0.797. The number of benzene rings is 1. The zero-order valence-electron chi connectivity index (χ0n) is 13.7. The number of nitrogens with zero attached hydrogens (tertiary/aromatic N) is 3. The Kier molecular flexibility index (Phi) is 5.70. The van der Waals surface area contributed by atoms with E-state index in [1.54, 1.807) is 0 Å². The number of likely N-dealkylation sites (N-methyl/N-ethyl adjacent to an activating group) is 1. The van der Waals surface area contributed by atoms with Crippen LogP contribution < -0.4 is 4.90 Å². The fourth-order valence-electron chi connectivity index (χ4n) is 2.60. The zero-order valence-corrected chi connectivity index (χ0v) is 13.7. The van der Waals surface area contributed by atoms with Crippen LogP contribution in [0.3, 0.4) is 0 Å². The van der Waals surface area contributed by atoms with E-state index in [1.165, 1.54) is 12.0 Å². The van der Waals surface area contributed by atoms with Crippen molar-refractivity contribution in [2.24, 2.45) is 10.2 Å². The molecule has 1 heterocycles. The van der Waals surface area contributed by atoms with Crippen LogP contribution in [0.2, 0.25) is 0 Å². The summed E-state index contributed by atoms with van der Waals surface area (Å²) in [5.74, 6) is 0.0189. The van der Waals surface area contributed by atoms with Crippen LogP contribution in [-0.4, -0.2) is 42.5 Å². The number of hydrogen-bond donors (Lipinski definition) is 2. The second kappa shape index (κ2) is 7.73. The molecule has 1 aromatic heterocycles. The summed E-state index contributed by atoms with van der Waals surface area (Å²) >= 11 is 0. The first-order valence-electron chi connectivity index (χ1n) is 7.75. The molecule has 0 aliphatic carbocycles. The minimum Gasteiger partial charge on any atom is -0.493 e. The molecule has 1 aromatic carbocycles. The summed E-state index contributed by atoms with van der Waals surface area (Å²) in [7, 11) is 1.23. The number of amides is 1. The van der Waals surface area contributed by atoms with Crippen molar-refractivity contribution in [1.82, 2.24) is 4.57 Å². The molecule has 0 aliphatic rings. The topological polar surface area (TPSA) is 80.6 Å². The third-order valence-electron chi connectivity index (χ3n) is 4.01. The third-order valence-corrected chi connectivity index (χ3v) is 4.01. The van der Waals surface area contributed by atoms with Crippen LogP contribution in [0, 0.1) is 0 Å². The van der Waals surface area contributed by atoms with E-state index >= 15 is 0 Å². The number of para-hydroxylation sites is 1. The lowest BCUT2D eigenvalue weighted by Gasteiger charge is -2.16. The number of fused-ring (bicyclic) bond motifs is 1. The molecular formula is C16H23N4O3+. The largest absolute Gasteiger partial charge is 0.493 e. The van der Waals surface area contributed by atoms with Crippen LogP contribution in [0.25, 0.3) is 10.9 Å². The van der Waals surface area contributed by atoms with Gasteiger partial charge in [0.25, 0.3) is 0 Å². The van der Waals surface area contributed by atoms with Crippen molar-refractivity contribution >= 4 is 22.7 Å². The number of carbonyl (C=O) groups excluding carboxylic acids is 1.